The van der Waals surface area contributed by atoms with Gasteiger partial charge < -0.3 is 0 Å². The van der Waals surface area contributed by atoms with Gasteiger partial charge in [0.05, 0.1) is 11.4 Å². The monoisotopic (exact) mass is 444 g/mol. The average molecular weight is 446 g/mol. The van der Waals surface area contributed by atoms with Crippen molar-refractivity contribution in [3.05, 3.63) is 52.3 Å². The van der Waals surface area contributed by atoms with Gasteiger partial charge in [0, 0.05) is 0 Å². The summed E-state index contributed by atoms with van der Waals surface area (Å²) >= 11 is 24.2. The first-order valence-corrected chi connectivity index (χ1v) is 11.4. The average Bonchev–Trinajstić information content (AvgIpc) is 2.99. The topological polar surface area (TPSA) is 24.7 Å². The number of hydrogen-bond donors (Lipinski definition) is 0. The van der Waals surface area contributed by atoms with Crippen molar-refractivity contribution in [2.75, 3.05) is 0 Å². The van der Waals surface area contributed by atoms with Crippen LogP contribution >= 0.6 is 87.8 Å². The minimum absolute atomic E-state index is 0.464. The van der Waals surface area contributed by atoms with Crippen molar-refractivity contribution in [2.24, 2.45) is 9.98 Å². The van der Waals surface area contributed by atoms with Gasteiger partial charge in [0.1, 0.15) is 28.1 Å². The molecule has 0 N–H and O–H groups in total. The fraction of sp³-hybridized carbons (Fsp3) is 0. The van der Waals surface area contributed by atoms with Gasteiger partial charge in [-0.05, 0) is 12.1 Å². The van der Waals surface area contributed by atoms with Crippen LogP contribution in [-0.2, 0) is 0 Å². The van der Waals surface area contributed by atoms with E-state index in [0.29, 0.717) is 39.4 Å². The van der Waals surface area contributed by atoms with E-state index in [1.54, 1.807) is 0 Å². The van der Waals surface area contributed by atoms with Crippen LogP contribution < -0.4 is 9.34 Å². The maximum atomic E-state index is 6.13. The molecule has 0 atom stereocenters. The first-order chi connectivity index (χ1) is 10.6. The minimum atomic E-state index is 0.464. The molecule has 0 fully saturated rings. The summed E-state index contributed by atoms with van der Waals surface area (Å²) in [5, 5.41) is 0.928. The zero-order valence-electron chi connectivity index (χ0n) is 10.3. The summed E-state index contributed by atoms with van der Waals surface area (Å²) in [7, 11) is 5.60. The molecule has 0 unspecified atom stereocenters. The van der Waals surface area contributed by atoms with Crippen LogP contribution in [0.1, 0.15) is 0 Å². The molecule has 0 saturated heterocycles. The lowest BCUT2D eigenvalue weighted by molar-refractivity contribution is 1.34. The van der Waals surface area contributed by atoms with Crippen LogP contribution in [0.15, 0.2) is 34.3 Å². The van der Waals surface area contributed by atoms with Crippen molar-refractivity contribution >= 4 is 99.1 Å². The molecule has 10 heteroatoms. The van der Waals surface area contributed by atoms with Crippen LogP contribution in [0.25, 0.3) is 0 Å². The van der Waals surface area contributed by atoms with Crippen molar-refractivity contribution in [2.45, 2.75) is 0 Å². The molecular formula is C12H4Cl4N2S4. The molecule has 0 radical (unpaired) electrons. The molecule has 0 spiro atoms. The lowest BCUT2D eigenvalue weighted by atomic mass is 10.3. The molecular weight excluding hydrogens is 442 g/mol. The fourth-order valence-electron chi connectivity index (χ4n) is 1.47. The lowest BCUT2D eigenvalue weighted by Gasteiger charge is -1.98. The Morgan fingerprint density at radius 3 is 1.36 bits per heavy atom. The highest BCUT2D eigenvalue weighted by molar-refractivity contribution is 7.70. The zero-order valence-corrected chi connectivity index (χ0v) is 16.6. The number of hydrogen-bond acceptors (Lipinski definition) is 6. The van der Waals surface area contributed by atoms with Crippen molar-refractivity contribution in [3.63, 3.8) is 0 Å². The zero-order chi connectivity index (χ0) is 15.7. The summed E-state index contributed by atoms with van der Waals surface area (Å²) in [4.78, 5) is 9.09. The molecule has 114 valence electrons. The number of benzene rings is 1. The second-order valence-corrected chi connectivity index (χ2v) is 10.0. The standard InChI is InChI=1S/C12H4Cl4N2S4/c13-7-9(15)19-21-11(7)17-5-3-1-2-4-6(5)18-12-8(14)10(16)20-22-12/h1-4H. The second kappa shape index (κ2) is 7.32. The Kier molecular flexibility index (Phi) is 5.63. The molecule has 0 aliphatic rings. The van der Waals surface area contributed by atoms with Crippen LogP contribution in [0.4, 0.5) is 11.4 Å². The van der Waals surface area contributed by atoms with Crippen molar-refractivity contribution in [1.82, 2.24) is 0 Å². The molecule has 0 saturated carbocycles. The number of rotatable bonds is 2. The second-order valence-electron chi connectivity index (χ2n) is 3.83. The van der Waals surface area contributed by atoms with Crippen LogP contribution in [-0.4, -0.2) is 0 Å². The molecule has 2 heterocycles. The van der Waals surface area contributed by atoms with Gasteiger partial charge in [-0.15, -0.1) is 0 Å². The van der Waals surface area contributed by atoms with Crippen LogP contribution in [0, 0.1) is 0 Å². The third-order valence-electron chi connectivity index (χ3n) is 2.43. The normalized spacial score (nSPS) is 13.1. The van der Waals surface area contributed by atoms with Crippen molar-refractivity contribution in [3.8, 4) is 0 Å². The van der Waals surface area contributed by atoms with E-state index in [-0.39, 0.29) is 0 Å². The predicted octanol–water partition coefficient (Wildman–Crippen LogP) is 7.01. The maximum absolute atomic E-state index is 6.13. The van der Waals surface area contributed by atoms with Crippen LogP contribution in [0.2, 0.25) is 18.7 Å². The Balaban J connectivity index is 2.16. The Morgan fingerprint density at radius 2 is 1.05 bits per heavy atom. The van der Waals surface area contributed by atoms with Gasteiger partial charge in [-0.2, -0.15) is 0 Å². The first kappa shape index (κ1) is 16.9. The third-order valence-corrected chi connectivity index (χ3v) is 9.42. The highest BCUT2D eigenvalue weighted by Gasteiger charge is 2.07. The number of nitrogens with zero attached hydrogens (tertiary/aromatic N) is 2. The molecule has 1 aromatic carbocycles. The van der Waals surface area contributed by atoms with Crippen LogP contribution in [0.5, 0.6) is 0 Å². The maximum Gasteiger partial charge on any atom is 0.147 e. The van der Waals surface area contributed by atoms with Gasteiger partial charge in [0.25, 0.3) is 0 Å². The summed E-state index contributed by atoms with van der Waals surface area (Å²) in [5.41, 5.74) is 1.39. The SMILES string of the molecule is Clc1ssc(=Nc2ccccc2N=c2ssc(Cl)c2Cl)c1Cl. The van der Waals surface area contributed by atoms with E-state index in [9.17, 15) is 0 Å². The summed E-state index contributed by atoms with van der Waals surface area (Å²) < 4.78 is 2.40. The van der Waals surface area contributed by atoms with Gasteiger partial charge in [-0.25, -0.2) is 9.98 Å². The Labute approximate surface area is 160 Å². The highest BCUT2D eigenvalue weighted by atomic mass is 35.5. The summed E-state index contributed by atoms with van der Waals surface area (Å²) in [6.45, 7) is 0. The van der Waals surface area contributed by atoms with Gasteiger partial charge in [0.15, 0.2) is 0 Å². The van der Waals surface area contributed by atoms with E-state index in [4.69, 9.17) is 46.4 Å². The van der Waals surface area contributed by atoms with Gasteiger partial charge >= 0.3 is 0 Å². The number of para-hydroxylation sites is 2. The summed E-state index contributed by atoms with van der Waals surface area (Å²) in [5.74, 6) is 0. The molecule has 0 aliphatic heterocycles. The van der Waals surface area contributed by atoms with Crippen molar-refractivity contribution < 1.29 is 0 Å². The largest absolute Gasteiger partial charge is 0.233 e. The van der Waals surface area contributed by atoms with E-state index >= 15 is 0 Å². The van der Waals surface area contributed by atoms with E-state index in [1.165, 1.54) is 41.4 Å². The van der Waals surface area contributed by atoms with E-state index in [1.807, 2.05) is 24.3 Å². The Morgan fingerprint density at radius 1 is 0.636 bits per heavy atom. The Hall–Kier alpha value is 0.0800. The number of halogens is 4. The van der Waals surface area contributed by atoms with E-state index < -0.39 is 0 Å². The third kappa shape index (κ3) is 3.60. The van der Waals surface area contributed by atoms with E-state index in [0.717, 1.165) is 0 Å². The molecule has 0 aliphatic carbocycles. The predicted molar refractivity (Wildman–Crippen MR) is 101 cm³/mol. The molecule has 3 aromatic rings. The molecule has 2 aromatic heterocycles. The fourth-order valence-corrected chi connectivity index (χ4v) is 6.96. The van der Waals surface area contributed by atoms with Gasteiger partial charge in [-0.3, -0.25) is 0 Å². The van der Waals surface area contributed by atoms with Gasteiger partial charge in [-0.1, -0.05) is 99.9 Å². The first-order valence-electron chi connectivity index (χ1n) is 5.63. The molecule has 0 bridgehead atoms. The Bertz CT molecular complexity index is 873. The molecule has 3 rings (SSSR count). The van der Waals surface area contributed by atoms with Crippen molar-refractivity contribution in [1.29, 1.82) is 0 Å². The smallest absolute Gasteiger partial charge is 0.147 e. The van der Waals surface area contributed by atoms with Crippen LogP contribution in [0.3, 0.4) is 0 Å². The minimum Gasteiger partial charge on any atom is -0.233 e. The molecule has 0 amide bonds. The lowest BCUT2D eigenvalue weighted by Crippen LogP contribution is -1.94. The van der Waals surface area contributed by atoms with E-state index in [2.05, 4.69) is 9.98 Å². The quantitative estimate of drug-likeness (QED) is 0.379. The molecule has 2 nitrogen and oxygen atoms in total. The molecule has 22 heavy (non-hydrogen) atoms. The highest BCUT2D eigenvalue weighted by Crippen LogP contribution is 2.32. The van der Waals surface area contributed by atoms with Gasteiger partial charge in [0.2, 0.25) is 0 Å². The summed E-state index contributed by atoms with van der Waals surface area (Å²) in [6, 6.07) is 7.49. The summed E-state index contributed by atoms with van der Waals surface area (Å²) in [6.07, 6.45) is 0.